The standard InChI is InChI=1S/C25H25ClFN3O2/c26-21-15-19(27)8-12-24(21)30(16-31)14-13-17-5-9-20(10-6-17)28-25(32)23-11-7-18-3-1-2-4-22(18)29-23/h1-4,7-8,11-12,15-17,20H,5-6,9-10,13-14H2,(H,28,32). The maximum Gasteiger partial charge on any atom is 0.270 e. The van der Waals surface area contributed by atoms with Crippen molar-refractivity contribution in [1.29, 1.82) is 0 Å². The predicted molar refractivity (Wildman–Crippen MR) is 124 cm³/mol. The van der Waals surface area contributed by atoms with Gasteiger partial charge in [-0.05, 0) is 68.4 Å². The highest BCUT2D eigenvalue weighted by Crippen LogP contribution is 2.30. The van der Waals surface area contributed by atoms with E-state index in [9.17, 15) is 14.0 Å². The molecule has 32 heavy (non-hydrogen) atoms. The molecular weight excluding hydrogens is 429 g/mol. The number of hydrogen-bond donors (Lipinski definition) is 1. The maximum absolute atomic E-state index is 13.3. The van der Waals surface area contributed by atoms with Crippen molar-refractivity contribution in [2.24, 2.45) is 5.92 Å². The average molecular weight is 454 g/mol. The minimum absolute atomic E-state index is 0.126. The van der Waals surface area contributed by atoms with Gasteiger partial charge in [0.15, 0.2) is 0 Å². The van der Waals surface area contributed by atoms with Crippen LogP contribution < -0.4 is 10.2 Å². The van der Waals surface area contributed by atoms with Gasteiger partial charge >= 0.3 is 0 Å². The summed E-state index contributed by atoms with van der Waals surface area (Å²) in [4.78, 5) is 30.2. The lowest BCUT2D eigenvalue weighted by molar-refractivity contribution is -0.107. The fourth-order valence-corrected chi connectivity index (χ4v) is 4.59. The summed E-state index contributed by atoms with van der Waals surface area (Å²) < 4.78 is 13.3. The molecular formula is C25H25ClFN3O2. The maximum atomic E-state index is 13.3. The van der Waals surface area contributed by atoms with Gasteiger partial charge < -0.3 is 10.2 Å². The summed E-state index contributed by atoms with van der Waals surface area (Å²) in [5.41, 5.74) is 1.76. The number of hydrogen-bond acceptors (Lipinski definition) is 3. The quantitative estimate of drug-likeness (QED) is 0.489. The molecule has 3 aromatic rings. The zero-order valence-electron chi connectivity index (χ0n) is 17.6. The number of carbonyl (C=O) groups is 2. The van der Waals surface area contributed by atoms with Crippen LogP contribution in [-0.4, -0.2) is 29.9 Å². The number of amides is 2. The van der Waals surface area contributed by atoms with Crippen LogP contribution in [0.5, 0.6) is 0 Å². The van der Waals surface area contributed by atoms with Crippen molar-refractivity contribution < 1.29 is 14.0 Å². The summed E-state index contributed by atoms with van der Waals surface area (Å²) >= 11 is 6.09. The van der Waals surface area contributed by atoms with Crippen LogP contribution in [-0.2, 0) is 4.79 Å². The highest BCUT2D eigenvalue weighted by atomic mass is 35.5. The Morgan fingerprint density at radius 2 is 1.91 bits per heavy atom. The lowest BCUT2D eigenvalue weighted by Crippen LogP contribution is -2.38. The van der Waals surface area contributed by atoms with Crippen LogP contribution >= 0.6 is 11.6 Å². The molecule has 0 bridgehead atoms. The van der Waals surface area contributed by atoms with Crippen molar-refractivity contribution in [2.75, 3.05) is 11.4 Å². The van der Waals surface area contributed by atoms with E-state index in [4.69, 9.17) is 11.6 Å². The molecule has 1 saturated carbocycles. The molecule has 0 spiro atoms. The van der Waals surface area contributed by atoms with Crippen LogP contribution in [0.25, 0.3) is 10.9 Å². The van der Waals surface area contributed by atoms with E-state index in [0.29, 0.717) is 23.8 Å². The molecule has 0 atom stereocenters. The zero-order valence-corrected chi connectivity index (χ0v) is 18.4. The number of nitrogens with one attached hydrogen (secondary N) is 1. The van der Waals surface area contributed by atoms with Gasteiger partial charge in [-0.3, -0.25) is 9.59 Å². The van der Waals surface area contributed by atoms with E-state index < -0.39 is 5.82 Å². The van der Waals surface area contributed by atoms with Crippen molar-refractivity contribution in [3.05, 3.63) is 71.1 Å². The smallest absolute Gasteiger partial charge is 0.270 e. The first kappa shape index (κ1) is 22.2. The number of nitrogens with zero attached hydrogens (tertiary/aromatic N) is 2. The van der Waals surface area contributed by atoms with Crippen LogP contribution in [0.15, 0.2) is 54.6 Å². The fourth-order valence-electron chi connectivity index (χ4n) is 4.31. The monoisotopic (exact) mass is 453 g/mol. The summed E-state index contributed by atoms with van der Waals surface area (Å²) in [5.74, 6) is -0.107. The lowest BCUT2D eigenvalue weighted by Gasteiger charge is -2.30. The van der Waals surface area contributed by atoms with E-state index >= 15 is 0 Å². The SMILES string of the molecule is O=CN(CCC1CCC(NC(=O)c2ccc3ccccc3n2)CC1)c1ccc(F)cc1Cl. The number of rotatable bonds is 7. The molecule has 1 fully saturated rings. The molecule has 1 aromatic heterocycles. The lowest BCUT2D eigenvalue weighted by atomic mass is 9.84. The molecule has 1 heterocycles. The van der Waals surface area contributed by atoms with Crippen LogP contribution in [0, 0.1) is 11.7 Å². The first-order chi connectivity index (χ1) is 15.5. The fraction of sp³-hybridized carbons (Fsp3) is 0.320. The number of pyridine rings is 1. The Labute approximate surface area is 191 Å². The number of benzene rings is 2. The summed E-state index contributed by atoms with van der Waals surface area (Å²) in [7, 11) is 0. The zero-order chi connectivity index (χ0) is 22.5. The molecule has 1 N–H and O–H groups in total. The Bertz CT molecular complexity index is 1120. The van der Waals surface area contributed by atoms with Gasteiger partial charge in [0.25, 0.3) is 5.91 Å². The third kappa shape index (κ3) is 5.25. The third-order valence-electron chi connectivity index (χ3n) is 6.14. The molecule has 4 rings (SSSR count). The largest absolute Gasteiger partial charge is 0.348 e. The van der Waals surface area contributed by atoms with E-state index in [0.717, 1.165) is 49.4 Å². The number of carbonyl (C=O) groups excluding carboxylic acids is 2. The van der Waals surface area contributed by atoms with Gasteiger partial charge in [-0.25, -0.2) is 9.37 Å². The van der Waals surface area contributed by atoms with E-state index in [2.05, 4.69) is 10.3 Å². The predicted octanol–water partition coefficient (Wildman–Crippen LogP) is 5.37. The van der Waals surface area contributed by atoms with E-state index in [1.54, 1.807) is 6.07 Å². The second-order valence-corrected chi connectivity index (χ2v) is 8.67. The molecule has 0 aliphatic heterocycles. The molecule has 7 heteroatoms. The van der Waals surface area contributed by atoms with Crippen molar-refractivity contribution in [1.82, 2.24) is 10.3 Å². The van der Waals surface area contributed by atoms with Crippen molar-refractivity contribution in [2.45, 2.75) is 38.1 Å². The molecule has 0 unspecified atom stereocenters. The van der Waals surface area contributed by atoms with Gasteiger partial charge in [0.1, 0.15) is 11.5 Å². The number of anilines is 1. The molecule has 1 aliphatic carbocycles. The van der Waals surface area contributed by atoms with E-state index in [-0.39, 0.29) is 17.0 Å². The molecule has 2 amide bonds. The van der Waals surface area contributed by atoms with Crippen LogP contribution in [0.4, 0.5) is 10.1 Å². The Kier molecular flexibility index (Phi) is 7.00. The van der Waals surface area contributed by atoms with Crippen LogP contribution in [0.3, 0.4) is 0 Å². The van der Waals surface area contributed by atoms with Gasteiger partial charge in [0, 0.05) is 18.0 Å². The molecule has 1 aliphatic rings. The molecule has 0 saturated heterocycles. The number of aromatic nitrogens is 1. The summed E-state index contributed by atoms with van der Waals surface area (Å²) in [6, 6.07) is 15.6. The average Bonchev–Trinajstić information content (AvgIpc) is 2.81. The third-order valence-corrected chi connectivity index (χ3v) is 6.44. The van der Waals surface area contributed by atoms with Gasteiger partial charge in [-0.15, -0.1) is 0 Å². The second kappa shape index (κ2) is 10.1. The normalized spacial score (nSPS) is 18.3. The first-order valence-electron chi connectivity index (χ1n) is 10.9. The summed E-state index contributed by atoms with van der Waals surface area (Å²) in [5, 5.41) is 4.35. The summed E-state index contributed by atoms with van der Waals surface area (Å²) in [6.45, 7) is 0.525. The first-order valence-corrected chi connectivity index (χ1v) is 11.2. The van der Waals surface area contributed by atoms with Crippen LogP contribution in [0.2, 0.25) is 5.02 Å². The summed E-state index contributed by atoms with van der Waals surface area (Å²) in [6.07, 6.45) is 5.30. The van der Waals surface area contributed by atoms with Crippen molar-refractivity contribution >= 4 is 40.5 Å². The second-order valence-electron chi connectivity index (χ2n) is 8.26. The minimum Gasteiger partial charge on any atom is -0.348 e. The van der Waals surface area contributed by atoms with Gasteiger partial charge in [0.05, 0.1) is 16.2 Å². The molecule has 0 radical (unpaired) electrons. The number of halogens is 2. The Morgan fingerprint density at radius 1 is 1.12 bits per heavy atom. The highest BCUT2D eigenvalue weighted by Gasteiger charge is 2.24. The van der Waals surface area contributed by atoms with Crippen molar-refractivity contribution in [3.63, 3.8) is 0 Å². The Hall–Kier alpha value is -2.99. The highest BCUT2D eigenvalue weighted by molar-refractivity contribution is 6.33. The van der Waals surface area contributed by atoms with Gasteiger partial charge in [0.2, 0.25) is 6.41 Å². The molecule has 2 aromatic carbocycles. The number of para-hydroxylation sites is 1. The topological polar surface area (TPSA) is 62.3 Å². The van der Waals surface area contributed by atoms with Gasteiger partial charge in [-0.2, -0.15) is 0 Å². The van der Waals surface area contributed by atoms with Crippen LogP contribution in [0.1, 0.15) is 42.6 Å². The van der Waals surface area contributed by atoms with E-state index in [1.165, 1.54) is 23.1 Å². The molecule has 166 valence electrons. The van der Waals surface area contributed by atoms with Crippen molar-refractivity contribution in [3.8, 4) is 0 Å². The Balaban J connectivity index is 1.27. The number of fused-ring (bicyclic) bond motifs is 1. The van der Waals surface area contributed by atoms with E-state index in [1.807, 2.05) is 30.3 Å². The van der Waals surface area contributed by atoms with Gasteiger partial charge in [-0.1, -0.05) is 35.9 Å². The minimum atomic E-state index is -0.427. The Morgan fingerprint density at radius 3 is 2.66 bits per heavy atom. The molecule has 5 nitrogen and oxygen atoms in total.